The van der Waals surface area contributed by atoms with Gasteiger partial charge in [0.15, 0.2) is 0 Å². The van der Waals surface area contributed by atoms with Crippen molar-refractivity contribution in [2.75, 3.05) is 0 Å². The second kappa shape index (κ2) is 18.3. The summed E-state index contributed by atoms with van der Waals surface area (Å²) in [6.07, 6.45) is 19.4. The Bertz CT molecular complexity index is 1340. The van der Waals surface area contributed by atoms with Gasteiger partial charge in [0.25, 0.3) is 0 Å². The highest BCUT2D eigenvalue weighted by Crippen LogP contribution is 2.23. The molecule has 1 N–H and O–H groups in total. The summed E-state index contributed by atoms with van der Waals surface area (Å²) in [6, 6.07) is 26.8. The predicted octanol–water partition coefficient (Wildman–Crippen LogP) is 10.6. The molecule has 1 atom stereocenters. The van der Waals surface area contributed by atoms with Crippen LogP contribution in [0.25, 0.3) is 22.2 Å². The molecular formula is C39H53N3O. The molecule has 43 heavy (non-hydrogen) atoms. The Morgan fingerprint density at radius 3 is 1.84 bits per heavy atom. The number of aryl methyl sites for hydroxylation is 1. The second-order valence-corrected chi connectivity index (χ2v) is 12.2. The summed E-state index contributed by atoms with van der Waals surface area (Å²) >= 11 is 0. The van der Waals surface area contributed by atoms with Crippen molar-refractivity contribution in [1.82, 2.24) is 14.9 Å². The average molecular weight is 580 g/mol. The Morgan fingerprint density at radius 1 is 0.674 bits per heavy atom. The highest BCUT2D eigenvalue weighted by atomic mass is 16.1. The van der Waals surface area contributed by atoms with Crippen LogP contribution < -0.4 is 5.32 Å². The third kappa shape index (κ3) is 10.7. The molecule has 0 aliphatic carbocycles. The summed E-state index contributed by atoms with van der Waals surface area (Å²) in [7, 11) is 0. The lowest BCUT2D eigenvalue weighted by molar-refractivity contribution is -0.121. The lowest BCUT2D eigenvalue weighted by Crippen LogP contribution is -2.30. The van der Waals surface area contributed by atoms with Crippen LogP contribution in [0.15, 0.2) is 78.9 Å². The van der Waals surface area contributed by atoms with Crippen molar-refractivity contribution in [3.63, 3.8) is 0 Å². The first kappa shape index (κ1) is 32.5. The molecule has 4 rings (SSSR count). The fraction of sp³-hybridized carbons (Fsp3) is 0.487. The molecule has 1 unspecified atom stereocenters. The Morgan fingerprint density at radius 2 is 1.21 bits per heavy atom. The zero-order chi connectivity index (χ0) is 30.1. The van der Waals surface area contributed by atoms with E-state index in [4.69, 9.17) is 4.98 Å². The molecule has 4 nitrogen and oxygen atoms in total. The van der Waals surface area contributed by atoms with Crippen molar-refractivity contribution in [3.8, 4) is 11.1 Å². The molecule has 0 spiro atoms. The molecule has 0 fully saturated rings. The standard InChI is InChI=1S/C39H53N3O/c1-3-4-5-6-7-8-9-10-11-12-13-14-15-21-30-42-37-25-20-19-24-36(37)41-39(42)32(2)40-38(43)31-33-26-28-35(29-27-33)34-22-17-16-18-23-34/h16-20,22-29,32H,3-15,21,30-31H2,1-2H3,(H,40,43). The van der Waals surface area contributed by atoms with E-state index in [1.165, 1.54) is 89.0 Å². The van der Waals surface area contributed by atoms with Crippen LogP contribution in [-0.2, 0) is 17.8 Å². The maximum atomic E-state index is 13.0. The third-order valence-corrected chi connectivity index (χ3v) is 8.61. The fourth-order valence-electron chi connectivity index (χ4n) is 6.11. The van der Waals surface area contributed by atoms with E-state index in [1.807, 2.05) is 24.3 Å². The summed E-state index contributed by atoms with van der Waals surface area (Å²) < 4.78 is 2.33. The molecule has 0 aliphatic rings. The molecule has 230 valence electrons. The summed E-state index contributed by atoms with van der Waals surface area (Å²) in [4.78, 5) is 18.0. The van der Waals surface area contributed by atoms with Crippen LogP contribution in [-0.4, -0.2) is 15.5 Å². The van der Waals surface area contributed by atoms with Crippen LogP contribution in [0.2, 0.25) is 0 Å². The summed E-state index contributed by atoms with van der Waals surface area (Å²) in [5.41, 5.74) is 5.52. The van der Waals surface area contributed by atoms with E-state index in [9.17, 15) is 4.79 Å². The van der Waals surface area contributed by atoms with E-state index in [-0.39, 0.29) is 11.9 Å². The summed E-state index contributed by atoms with van der Waals surface area (Å²) in [5.74, 6) is 0.971. The number of carbonyl (C=O) groups excluding carboxylic acids is 1. The van der Waals surface area contributed by atoms with Crippen LogP contribution in [0.3, 0.4) is 0 Å². The quantitative estimate of drug-likeness (QED) is 0.106. The Hall–Kier alpha value is -3.40. The number of amides is 1. The number of para-hydroxylation sites is 2. The first-order chi connectivity index (χ1) is 21.2. The van der Waals surface area contributed by atoms with Crippen LogP contribution in [0.5, 0.6) is 0 Å². The van der Waals surface area contributed by atoms with Crippen LogP contribution in [0, 0.1) is 0 Å². The minimum atomic E-state index is -0.157. The Labute approximate surface area is 260 Å². The molecule has 0 aliphatic heterocycles. The number of fused-ring (bicyclic) bond motifs is 1. The van der Waals surface area contributed by atoms with E-state index in [0.717, 1.165) is 41.0 Å². The Balaban J connectivity index is 1.20. The Kier molecular flexibility index (Phi) is 13.8. The van der Waals surface area contributed by atoms with Crippen LogP contribution >= 0.6 is 0 Å². The smallest absolute Gasteiger partial charge is 0.224 e. The number of aromatic nitrogens is 2. The van der Waals surface area contributed by atoms with Gasteiger partial charge in [-0.3, -0.25) is 4.79 Å². The fourth-order valence-corrected chi connectivity index (χ4v) is 6.11. The first-order valence-electron chi connectivity index (χ1n) is 17.0. The van der Waals surface area contributed by atoms with Gasteiger partial charge in [-0.1, -0.05) is 157 Å². The second-order valence-electron chi connectivity index (χ2n) is 12.2. The molecular weight excluding hydrogens is 526 g/mol. The van der Waals surface area contributed by atoms with Gasteiger partial charge < -0.3 is 9.88 Å². The minimum Gasteiger partial charge on any atom is -0.346 e. The van der Waals surface area contributed by atoms with Crippen molar-refractivity contribution in [2.45, 2.75) is 123 Å². The van der Waals surface area contributed by atoms with E-state index in [1.54, 1.807) is 0 Å². The molecule has 4 heteroatoms. The largest absolute Gasteiger partial charge is 0.346 e. The molecule has 0 saturated carbocycles. The molecule has 3 aromatic carbocycles. The van der Waals surface area contributed by atoms with E-state index >= 15 is 0 Å². The van der Waals surface area contributed by atoms with Gasteiger partial charge in [-0.25, -0.2) is 4.98 Å². The normalized spacial score (nSPS) is 12.0. The lowest BCUT2D eigenvalue weighted by atomic mass is 10.0. The SMILES string of the molecule is CCCCCCCCCCCCCCCCn1c(C(C)NC(=O)Cc2ccc(-c3ccccc3)cc2)nc2ccccc21. The molecule has 0 bridgehead atoms. The van der Waals surface area contributed by atoms with Gasteiger partial charge >= 0.3 is 0 Å². The van der Waals surface area contributed by atoms with Gasteiger partial charge in [-0.05, 0) is 42.2 Å². The monoisotopic (exact) mass is 579 g/mol. The van der Waals surface area contributed by atoms with Crippen LogP contribution in [0.1, 0.15) is 121 Å². The summed E-state index contributed by atoms with van der Waals surface area (Å²) in [6.45, 7) is 5.28. The van der Waals surface area contributed by atoms with Gasteiger partial charge in [0.2, 0.25) is 5.91 Å². The van der Waals surface area contributed by atoms with Crippen molar-refractivity contribution >= 4 is 16.9 Å². The molecule has 1 amide bonds. The number of carbonyl (C=O) groups is 1. The van der Waals surface area contributed by atoms with Gasteiger partial charge in [-0.15, -0.1) is 0 Å². The molecule has 1 aromatic heterocycles. The predicted molar refractivity (Wildman–Crippen MR) is 182 cm³/mol. The van der Waals surface area contributed by atoms with Crippen molar-refractivity contribution < 1.29 is 4.79 Å². The van der Waals surface area contributed by atoms with E-state index < -0.39 is 0 Å². The topological polar surface area (TPSA) is 46.9 Å². The van der Waals surface area contributed by atoms with Gasteiger partial charge in [-0.2, -0.15) is 0 Å². The number of rotatable bonds is 20. The number of hydrogen-bond donors (Lipinski definition) is 1. The number of nitrogens with zero attached hydrogens (tertiary/aromatic N) is 2. The van der Waals surface area contributed by atoms with Crippen LogP contribution in [0.4, 0.5) is 0 Å². The minimum absolute atomic E-state index is 0.0232. The number of unbranched alkanes of at least 4 members (excludes halogenated alkanes) is 13. The number of nitrogens with one attached hydrogen (secondary N) is 1. The number of imidazole rings is 1. The van der Waals surface area contributed by atoms with Crippen molar-refractivity contribution in [1.29, 1.82) is 0 Å². The first-order valence-corrected chi connectivity index (χ1v) is 17.0. The highest BCUT2D eigenvalue weighted by molar-refractivity contribution is 5.80. The maximum Gasteiger partial charge on any atom is 0.224 e. The van der Waals surface area contributed by atoms with E-state index in [2.05, 4.69) is 78.3 Å². The zero-order valence-electron chi connectivity index (χ0n) is 26.7. The zero-order valence-corrected chi connectivity index (χ0v) is 26.7. The van der Waals surface area contributed by atoms with Crippen molar-refractivity contribution in [3.05, 3.63) is 90.3 Å². The maximum absolute atomic E-state index is 13.0. The number of hydrogen-bond acceptors (Lipinski definition) is 2. The lowest BCUT2D eigenvalue weighted by Gasteiger charge is -2.17. The molecule has 4 aromatic rings. The van der Waals surface area contributed by atoms with E-state index in [0.29, 0.717) is 6.42 Å². The molecule has 1 heterocycles. The third-order valence-electron chi connectivity index (χ3n) is 8.61. The molecule has 0 radical (unpaired) electrons. The number of benzene rings is 3. The van der Waals surface area contributed by atoms with Crippen molar-refractivity contribution in [2.24, 2.45) is 0 Å². The van der Waals surface area contributed by atoms with Gasteiger partial charge in [0, 0.05) is 6.54 Å². The average Bonchev–Trinajstić information content (AvgIpc) is 3.40. The highest BCUT2D eigenvalue weighted by Gasteiger charge is 2.18. The molecule has 0 saturated heterocycles. The van der Waals surface area contributed by atoms with Gasteiger partial charge in [0.05, 0.1) is 23.5 Å². The van der Waals surface area contributed by atoms with Gasteiger partial charge in [0.1, 0.15) is 5.82 Å². The summed E-state index contributed by atoms with van der Waals surface area (Å²) in [5, 5.41) is 3.22.